The summed E-state index contributed by atoms with van der Waals surface area (Å²) in [7, 11) is 0. The topological polar surface area (TPSA) is 241 Å². The van der Waals surface area contributed by atoms with E-state index >= 15 is 0 Å². The van der Waals surface area contributed by atoms with Gasteiger partial charge >= 0.3 is 67.3 Å². The van der Waals surface area contributed by atoms with E-state index < -0.39 is 48.3 Å². The molecule has 4 N–H and O–H groups in total. The van der Waals surface area contributed by atoms with Crippen LogP contribution in [0.1, 0.15) is 27.7 Å². The van der Waals surface area contributed by atoms with E-state index in [0.29, 0.717) is 0 Å². The van der Waals surface area contributed by atoms with Crippen molar-refractivity contribution in [2.24, 2.45) is 0 Å². The van der Waals surface area contributed by atoms with Crippen LogP contribution in [0.2, 0.25) is 0 Å². The van der Waals surface area contributed by atoms with Gasteiger partial charge in [-0.25, -0.2) is 0 Å². The fraction of sp³-hybridized carbons (Fsp3) is 0.667. The molecule has 0 heterocycles. The summed E-state index contributed by atoms with van der Waals surface area (Å²) < 4.78 is 0. The summed E-state index contributed by atoms with van der Waals surface area (Å²) in [5.74, 6) is -5.74. The number of carboxylic acid groups (broad SMARTS) is 4. The molecule has 0 aromatic heterocycles. The smallest absolute Gasteiger partial charge is 1.00 e. The Bertz CT molecular complexity index is 327. The van der Waals surface area contributed by atoms with Gasteiger partial charge in [-0.3, -0.25) is 0 Å². The first-order valence-corrected chi connectivity index (χ1v) is 6.13. The molecule has 17 heteroatoms. The maximum Gasteiger partial charge on any atom is 2.00 e. The Morgan fingerprint density at radius 2 is 0.552 bits per heavy atom. The van der Waals surface area contributed by atoms with E-state index in [-0.39, 0.29) is 76.7 Å². The normalized spacial score (nSPS) is 11.3. The van der Waals surface area contributed by atoms with Crippen LogP contribution in [0.4, 0.5) is 0 Å². The van der Waals surface area contributed by atoms with Crippen LogP contribution in [-0.2, 0) is 38.7 Å². The third-order valence-corrected chi connectivity index (χ3v) is 1.36. The molecule has 12 nitrogen and oxygen atoms in total. The summed E-state index contributed by atoms with van der Waals surface area (Å²) in [5, 5.41) is 69.2. The van der Waals surface area contributed by atoms with Crippen molar-refractivity contribution in [3.63, 3.8) is 0 Å². The Morgan fingerprint density at radius 1 is 0.517 bits per heavy atom. The molecule has 0 fully saturated rings. The molecule has 4 radical (unpaired) electrons. The number of aliphatic hydroxyl groups is 4. The largest absolute Gasteiger partial charge is 2.00 e. The molecule has 0 bridgehead atoms. The number of aliphatic hydroxyl groups excluding tert-OH is 4. The predicted molar refractivity (Wildman–Crippen MR) is 78.3 cm³/mol. The van der Waals surface area contributed by atoms with Crippen molar-refractivity contribution in [2.45, 2.75) is 52.1 Å². The van der Waals surface area contributed by atoms with E-state index in [2.05, 4.69) is 0 Å². The second kappa shape index (κ2) is 35.3. The van der Waals surface area contributed by atoms with Crippen molar-refractivity contribution in [2.75, 3.05) is 0 Å². The first-order chi connectivity index (χ1) is 10.6. The SMILES string of the molecule is CC(O)C(=O)[O-].CC(O)C(=O)[O-].CC(O)C(=O)[O-].CC(O)C(=O)[O-].[F-].[F-].[Sn+2].[Sn+2].[Zn+2]. The van der Waals surface area contributed by atoms with Crippen LogP contribution in [-0.4, -0.2) is 117 Å². The van der Waals surface area contributed by atoms with Crippen LogP contribution in [0, 0.1) is 0 Å². The second-order valence-electron chi connectivity index (χ2n) is 3.98. The number of hydrogen-bond donors (Lipinski definition) is 4. The molecule has 4 unspecified atom stereocenters. The van der Waals surface area contributed by atoms with Crippen LogP contribution in [0.3, 0.4) is 0 Å². The zero-order chi connectivity index (χ0) is 20.6. The van der Waals surface area contributed by atoms with Gasteiger partial charge in [-0.05, 0) is 27.7 Å². The van der Waals surface area contributed by atoms with Crippen LogP contribution in [0.15, 0.2) is 0 Å². The van der Waals surface area contributed by atoms with Crippen molar-refractivity contribution in [3.8, 4) is 0 Å². The van der Waals surface area contributed by atoms with E-state index in [1.54, 1.807) is 0 Å². The number of carbonyl (C=O) groups excluding carboxylic acids is 4. The molecule has 29 heavy (non-hydrogen) atoms. The molecule has 0 aromatic carbocycles. The van der Waals surface area contributed by atoms with E-state index in [1.165, 1.54) is 0 Å². The summed E-state index contributed by atoms with van der Waals surface area (Å²) >= 11 is 0. The number of hydrogen-bond acceptors (Lipinski definition) is 12. The zero-order valence-corrected chi connectivity index (χ0v) is 24.5. The van der Waals surface area contributed by atoms with Gasteiger partial charge in [0.05, 0.1) is 48.3 Å². The van der Waals surface area contributed by atoms with Gasteiger partial charge in [-0.15, -0.1) is 0 Å². The minimum Gasteiger partial charge on any atom is -1.00 e. The zero-order valence-electron chi connectivity index (χ0n) is 15.8. The van der Waals surface area contributed by atoms with Gasteiger partial charge in [0.25, 0.3) is 0 Å². The number of rotatable bonds is 4. The average molecular weight is 697 g/mol. The monoisotopic (exact) mass is 698 g/mol. The Balaban J connectivity index is -0.0000000248. The molecule has 0 amide bonds. The van der Waals surface area contributed by atoms with Crippen LogP contribution < -0.4 is 29.8 Å². The van der Waals surface area contributed by atoms with Gasteiger partial charge in [0.1, 0.15) is 0 Å². The summed E-state index contributed by atoms with van der Waals surface area (Å²) in [6.07, 6.45) is -5.37. The quantitative estimate of drug-likeness (QED) is 0.200. The maximum atomic E-state index is 9.34. The van der Waals surface area contributed by atoms with E-state index in [4.69, 9.17) is 20.4 Å². The molecule has 0 aliphatic heterocycles. The van der Waals surface area contributed by atoms with E-state index in [1.807, 2.05) is 0 Å². The second-order valence-corrected chi connectivity index (χ2v) is 3.98. The molecule has 0 aromatic rings. The van der Waals surface area contributed by atoms with Gasteiger partial charge in [-0.1, -0.05) is 0 Å². The van der Waals surface area contributed by atoms with Gasteiger partial charge in [0.15, 0.2) is 0 Å². The van der Waals surface area contributed by atoms with Gasteiger partial charge in [-0.2, -0.15) is 0 Å². The fourth-order valence-electron chi connectivity index (χ4n) is 0. The number of carboxylic acids is 4. The van der Waals surface area contributed by atoms with Gasteiger partial charge in [0.2, 0.25) is 0 Å². The van der Waals surface area contributed by atoms with Gasteiger partial charge in [0, 0.05) is 0 Å². The minimum atomic E-state index is -1.44. The molecule has 0 saturated heterocycles. The summed E-state index contributed by atoms with van der Waals surface area (Å²) in [6.45, 7) is 4.54. The molecule has 0 spiro atoms. The van der Waals surface area contributed by atoms with Crippen molar-refractivity contribution in [1.29, 1.82) is 0 Å². The molecular formula is C12H20F2O12Sn2Zn. The minimum absolute atomic E-state index is 0. The number of halogens is 2. The number of carbonyl (C=O) groups is 4. The fourth-order valence-corrected chi connectivity index (χ4v) is 0. The van der Waals surface area contributed by atoms with Crippen molar-refractivity contribution >= 4 is 71.7 Å². The standard InChI is InChI=1S/4C3H6O3.2FH.2Sn.Zn/c4*1-2(4)3(5)6;;;;;/h4*2,4H,1H3,(H,5,6);2*1H;;;/q;;;;;;3*+2/p-6. The van der Waals surface area contributed by atoms with Crippen molar-refractivity contribution in [1.82, 2.24) is 0 Å². The molecule has 0 saturated carbocycles. The van der Waals surface area contributed by atoms with Crippen LogP contribution >= 0.6 is 0 Å². The number of aliphatic carboxylic acids is 4. The van der Waals surface area contributed by atoms with E-state index in [0.717, 1.165) is 27.7 Å². The summed E-state index contributed by atoms with van der Waals surface area (Å²) in [5.41, 5.74) is 0. The maximum absolute atomic E-state index is 9.34. The predicted octanol–water partition coefficient (Wildman–Crippen LogP) is -14.3. The molecule has 0 aliphatic carbocycles. The third kappa shape index (κ3) is 74.1. The van der Waals surface area contributed by atoms with Crippen molar-refractivity contribution in [3.05, 3.63) is 0 Å². The molecular weight excluding hydrogens is 677 g/mol. The van der Waals surface area contributed by atoms with Crippen LogP contribution in [0.5, 0.6) is 0 Å². The molecule has 0 rings (SSSR count). The first kappa shape index (κ1) is 56.8. The summed E-state index contributed by atoms with van der Waals surface area (Å²) in [4.78, 5) is 37.4. The average Bonchev–Trinajstić information content (AvgIpc) is 2.40. The molecule has 0 aliphatic rings. The molecule has 4 atom stereocenters. The van der Waals surface area contributed by atoms with Gasteiger partial charge < -0.3 is 69.4 Å². The third-order valence-electron chi connectivity index (χ3n) is 1.36. The Hall–Kier alpha value is -0.199. The molecule has 164 valence electrons. The van der Waals surface area contributed by atoms with E-state index in [9.17, 15) is 39.6 Å². The van der Waals surface area contributed by atoms with Crippen molar-refractivity contribution < 1.29 is 88.9 Å². The summed E-state index contributed by atoms with van der Waals surface area (Å²) in [6, 6.07) is 0. The Kier molecular flexibility index (Phi) is 69.0. The van der Waals surface area contributed by atoms with Crippen LogP contribution in [0.25, 0.3) is 0 Å². The Labute approximate surface area is 211 Å². The Morgan fingerprint density at radius 3 is 0.552 bits per heavy atom. The first-order valence-electron chi connectivity index (χ1n) is 6.13.